The summed E-state index contributed by atoms with van der Waals surface area (Å²) in [4.78, 5) is 2.42. The van der Waals surface area contributed by atoms with E-state index in [4.69, 9.17) is 4.42 Å². The van der Waals surface area contributed by atoms with Crippen molar-refractivity contribution in [3.05, 3.63) is 242 Å². The van der Waals surface area contributed by atoms with E-state index in [1.54, 1.807) is 0 Å². The minimum atomic E-state index is 0.287. The van der Waals surface area contributed by atoms with Gasteiger partial charge < -0.3 is 9.32 Å². The molecule has 0 N–H and O–H groups in total. The molecule has 1 aliphatic rings. The van der Waals surface area contributed by atoms with Gasteiger partial charge in [-0.15, -0.1) is 0 Å². The average Bonchev–Trinajstić information content (AvgIpc) is 3.72. The Morgan fingerprint density at radius 1 is 0.417 bits per heavy atom. The summed E-state index contributed by atoms with van der Waals surface area (Å²) >= 11 is 0. The Morgan fingerprint density at radius 3 is 1.82 bits per heavy atom. The Bertz CT molecular complexity index is 3200. The summed E-state index contributed by atoms with van der Waals surface area (Å²) in [6.07, 6.45) is 7.70. The molecule has 1 unspecified atom stereocenters. The molecule has 2 nitrogen and oxygen atoms in total. The minimum Gasteiger partial charge on any atom is -0.455 e. The molecule has 0 spiro atoms. The second-order valence-corrected chi connectivity index (χ2v) is 15.6. The number of hydrogen-bond acceptors (Lipinski definition) is 2. The fourth-order valence-corrected chi connectivity index (χ4v) is 9.08. The van der Waals surface area contributed by atoms with Crippen molar-refractivity contribution in [1.82, 2.24) is 0 Å². The predicted octanol–water partition coefficient (Wildman–Crippen LogP) is 16.2. The Labute approximate surface area is 350 Å². The van der Waals surface area contributed by atoms with Crippen LogP contribution in [0.5, 0.6) is 0 Å². The third-order valence-corrected chi connectivity index (χ3v) is 12.1. The topological polar surface area (TPSA) is 16.4 Å². The quantitative estimate of drug-likeness (QED) is 0.153. The smallest absolute Gasteiger partial charge is 0.143 e. The Kier molecular flexibility index (Phi) is 9.02. The molecule has 10 aromatic rings. The summed E-state index contributed by atoms with van der Waals surface area (Å²) in [5.41, 5.74) is 16.1. The van der Waals surface area contributed by atoms with E-state index in [1.165, 1.54) is 55.4 Å². The van der Waals surface area contributed by atoms with Gasteiger partial charge in [-0.05, 0) is 104 Å². The monoisotopic (exact) mass is 767 g/mol. The number of benzene rings is 9. The normalized spacial score (nSPS) is 13.8. The van der Waals surface area contributed by atoms with Crippen molar-refractivity contribution in [1.29, 1.82) is 0 Å². The molecule has 0 aliphatic heterocycles. The lowest BCUT2D eigenvalue weighted by Crippen LogP contribution is -2.19. The molecule has 0 amide bonds. The average molecular weight is 768 g/mol. The van der Waals surface area contributed by atoms with Crippen molar-refractivity contribution < 1.29 is 4.42 Å². The molecule has 0 saturated carbocycles. The number of fused-ring (bicyclic) bond motifs is 4. The van der Waals surface area contributed by atoms with Crippen LogP contribution in [0.3, 0.4) is 0 Å². The maximum atomic E-state index is 6.43. The van der Waals surface area contributed by atoms with Crippen LogP contribution in [0.1, 0.15) is 17.9 Å². The molecule has 2 heteroatoms. The first-order valence-electron chi connectivity index (χ1n) is 20.8. The Balaban J connectivity index is 0.978. The molecule has 284 valence electrons. The highest BCUT2D eigenvalue weighted by Gasteiger charge is 2.22. The summed E-state index contributed by atoms with van der Waals surface area (Å²) in [6.45, 7) is 0. The van der Waals surface area contributed by atoms with Gasteiger partial charge in [-0.25, -0.2) is 0 Å². The Morgan fingerprint density at radius 2 is 1.02 bits per heavy atom. The van der Waals surface area contributed by atoms with Crippen LogP contribution in [0.25, 0.3) is 77.2 Å². The number of allylic oxidation sites excluding steroid dienone is 4. The van der Waals surface area contributed by atoms with Crippen LogP contribution in [-0.4, -0.2) is 0 Å². The van der Waals surface area contributed by atoms with Crippen LogP contribution in [0.4, 0.5) is 11.4 Å². The van der Waals surface area contributed by atoms with Crippen LogP contribution in [0.15, 0.2) is 241 Å². The molecular formula is C58H41NO. The van der Waals surface area contributed by atoms with Crippen LogP contribution in [0.2, 0.25) is 0 Å². The van der Waals surface area contributed by atoms with E-state index in [2.05, 4.69) is 223 Å². The predicted molar refractivity (Wildman–Crippen MR) is 253 cm³/mol. The van der Waals surface area contributed by atoms with Crippen LogP contribution < -0.4 is 4.90 Å². The fourth-order valence-electron chi connectivity index (χ4n) is 9.08. The second-order valence-electron chi connectivity index (χ2n) is 15.6. The third-order valence-electron chi connectivity index (χ3n) is 12.1. The van der Waals surface area contributed by atoms with Gasteiger partial charge >= 0.3 is 0 Å². The lowest BCUT2D eigenvalue weighted by atomic mass is 9.89. The van der Waals surface area contributed by atoms with Crippen molar-refractivity contribution in [3.63, 3.8) is 0 Å². The molecule has 1 heterocycles. The number of furan rings is 1. The third kappa shape index (κ3) is 6.49. The first-order valence-corrected chi connectivity index (χ1v) is 20.8. The first-order chi connectivity index (χ1) is 29.7. The molecule has 0 radical (unpaired) electrons. The maximum Gasteiger partial charge on any atom is 0.143 e. The number of nitrogens with zero attached hydrogens (tertiary/aromatic N) is 1. The molecule has 0 fully saturated rings. The van der Waals surface area contributed by atoms with Gasteiger partial charge in [0.25, 0.3) is 0 Å². The number of anilines is 2. The van der Waals surface area contributed by atoms with Crippen LogP contribution in [0, 0.1) is 0 Å². The van der Waals surface area contributed by atoms with Gasteiger partial charge in [0.15, 0.2) is 0 Å². The van der Waals surface area contributed by atoms with Crippen LogP contribution >= 0.6 is 0 Å². The summed E-state index contributed by atoms with van der Waals surface area (Å²) < 4.78 is 6.43. The maximum absolute atomic E-state index is 6.43. The van der Waals surface area contributed by atoms with Crippen molar-refractivity contribution >= 4 is 44.1 Å². The molecule has 1 atom stereocenters. The molecule has 0 bridgehead atoms. The molecule has 11 rings (SSSR count). The standard InChI is InChI=1S/C58H41NO/c1-3-14-40(15-4-1)45-20-11-21-49(38-45)59(48-35-30-44(31-36-48)51-24-13-26-55-54-23-9-10-27-57(54)60-58(51)55)47-33-28-41(29-34-47)46-32-37-53(56(39-46)43-16-5-2-6-17-43)52-25-12-19-42-18-7-8-22-50(42)52/h1-37,39,45H,38H2. The summed E-state index contributed by atoms with van der Waals surface area (Å²) in [7, 11) is 0. The van der Waals surface area contributed by atoms with Crippen molar-refractivity contribution in [2.24, 2.45) is 0 Å². The van der Waals surface area contributed by atoms with Gasteiger partial charge in [-0.2, -0.15) is 0 Å². The molecule has 60 heavy (non-hydrogen) atoms. The summed E-state index contributed by atoms with van der Waals surface area (Å²) in [5, 5.41) is 4.78. The molecular weight excluding hydrogens is 727 g/mol. The molecule has 0 saturated heterocycles. The summed E-state index contributed by atoms with van der Waals surface area (Å²) in [5.74, 6) is 0.287. The van der Waals surface area contributed by atoms with Crippen molar-refractivity contribution in [2.75, 3.05) is 4.90 Å². The lowest BCUT2D eigenvalue weighted by molar-refractivity contribution is 0.670. The fraction of sp³-hybridized carbons (Fsp3) is 0.0345. The van der Waals surface area contributed by atoms with Gasteiger partial charge in [-0.3, -0.25) is 0 Å². The molecule has 9 aromatic carbocycles. The van der Waals surface area contributed by atoms with E-state index in [0.717, 1.165) is 50.9 Å². The highest BCUT2D eigenvalue weighted by molar-refractivity contribution is 6.09. The highest BCUT2D eigenvalue weighted by Crippen LogP contribution is 2.42. The molecule has 1 aromatic heterocycles. The van der Waals surface area contributed by atoms with Gasteiger partial charge in [-0.1, -0.05) is 188 Å². The number of hydrogen-bond donors (Lipinski definition) is 0. The largest absolute Gasteiger partial charge is 0.455 e. The number of rotatable bonds is 8. The van der Waals surface area contributed by atoms with Crippen molar-refractivity contribution in [2.45, 2.75) is 12.3 Å². The van der Waals surface area contributed by atoms with Gasteiger partial charge in [0.1, 0.15) is 11.2 Å². The Hall–Kier alpha value is -7.68. The van der Waals surface area contributed by atoms with Gasteiger partial charge in [0, 0.05) is 39.3 Å². The first kappa shape index (κ1) is 35.5. The van der Waals surface area contributed by atoms with Crippen LogP contribution in [-0.2, 0) is 0 Å². The second kappa shape index (κ2) is 15.2. The minimum absolute atomic E-state index is 0.287. The van der Waals surface area contributed by atoms with E-state index in [1.807, 2.05) is 12.1 Å². The zero-order chi connectivity index (χ0) is 39.8. The van der Waals surface area contributed by atoms with E-state index < -0.39 is 0 Å². The number of para-hydroxylation sites is 2. The van der Waals surface area contributed by atoms with E-state index in [0.29, 0.717) is 0 Å². The van der Waals surface area contributed by atoms with Crippen molar-refractivity contribution in [3.8, 4) is 44.5 Å². The molecule has 1 aliphatic carbocycles. The SMILES string of the molecule is C1=CC(c2ccccc2)CC(N(c2ccc(-c3ccc(-c4cccc5ccccc45)c(-c4ccccc4)c3)cc2)c2ccc(-c3cccc4c3oc3ccccc34)cc2)=C1. The van der Waals surface area contributed by atoms with Gasteiger partial charge in [0.2, 0.25) is 0 Å². The lowest BCUT2D eigenvalue weighted by Gasteiger charge is -2.31. The highest BCUT2D eigenvalue weighted by atomic mass is 16.3. The zero-order valence-electron chi connectivity index (χ0n) is 33.1. The van der Waals surface area contributed by atoms with Gasteiger partial charge in [0.05, 0.1) is 0 Å². The van der Waals surface area contributed by atoms with E-state index >= 15 is 0 Å². The van der Waals surface area contributed by atoms with E-state index in [-0.39, 0.29) is 5.92 Å². The zero-order valence-corrected chi connectivity index (χ0v) is 33.1. The summed E-state index contributed by atoms with van der Waals surface area (Å²) in [6, 6.07) is 76.6. The van der Waals surface area contributed by atoms with E-state index in [9.17, 15) is 0 Å².